The van der Waals surface area contributed by atoms with Crippen LogP contribution in [-0.4, -0.2) is 28.5 Å². The van der Waals surface area contributed by atoms with Gasteiger partial charge in [0.15, 0.2) is 0 Å². The number of hydrogen-bond acceptors (Lipinski definition) is 3. The Morgan fingerprint density at radius 3 is 2.53 bits per heavy atom. The largest absolute Gasteiger partial charge is 0.480 e. The lowest BCUT2D eigenvalue weighted by atomic mass is 10.3. The summed E-state index contributed by atoms with van der Waals surface area (Å²) in [5.74, 6) is -2.27. The van der Waals surface area contributed by atoms with Gasteiger partial charge in [-0.25, -0.2) is 4.98 Å². The first kappa shape index (κ1) is 12.9. The van der Waals surface area contributed by atoms with Crippen LogP contribution in [0.4, 0.5) is 13.2 Å². The van der Waals surface area contributed by atoms with Gasteiger partial charge in [-0.3, -0.25) is 9.59 Å². The molecule has 5 nitrogen and oxygen atoms in total. The van der Waals surface area contributed by atoms with E-state index in [-0.39, 0.29) is 0 Å². The van der Waals surface area contributed by atoms with Crippen molar-refractivity contribution >= 4 is 11.9 Å². The highest BCUT2D eigenvalue weighted by atomic mass is 19.4. The highest BCUT2D eigenvalue weighted by molar-refractivity contribution is 5.94. The van der Waals surface area contributed by atoms with E-state index in [1.165, 1.54) is 0 Å². The van der Waals surface area contributed by atoms with Crippen molar-refractivity contribution in [2.24, 2.45) is 0 Å². The van der Waals surface area contributed by atoms with Crippen molar-refractivity contribution in [2.75, 3.05) is 6.54 Å². The molecule has 0 spiro atoms. The van der Waals surface area contributed by atoms with Crippen LogP contribution < -0.4 is 5.32 Å². The Kier molecular flexibility index (Phi) is 3.66. The number of halogens is 3. The van der Waals surface area contributed by atoms with Crippen LogP contribution in [0.25, 0.3) is 0 Å². The molecule has 8 heteroatoms. The zero-order valence-electron chi connectivity index (χ0n) is 8.28. The second kappa shape index (κ2) is 4.81. The number of carboxylic acid groups (broad SMARTS) is 1. The van der Waals surface area contributed by atoms with Crippen LogP contribution >= 0.6 is 0 Å². The number of carbonyl (C=O) groups excluding carboxylic acids is 1. The van der Waals surface area contributed by atoms with Gasteiger partial charge in [-0.15, -0.1) is 0 Å². The molecule has 92 valence electrons. The minimum absolute atomic E-state index is 0.485. The standard InChI is InChI=1S/C9H7F3N2O3/c10-9(11,12)6-3-1-2-5(14-6)8(17)13-4-7(15)16/h1-3H,4H2,(H,13,17)(H,15,16). The lowest BCUT2D eigenvalue weighted by Gasteiger charge is -2.07. The van der Waals surface area contributed by atoms with Gasteiger partial charge in [-0.05, 0) is 12.1 Å². The summed E-state index contributed by atoms with van der Waals surface area (Å²) in [5.41, 5.74) is -1.69. The average Bonchev–Trinajstić information content (AvgIpc) is 2.25. The molecule has 1 amide bonds. The summed E-state index contributed by atoms with van der Waals surface area (Å²) in [6.45, 7) is -0.684. The molecule has 2 N–H and O–H groups in total. The third kappa shape index (κ3) is 3.74. The number of carbonyl (C=O) groups is 2. The summed E-state index contributed by atoms with van der Waals surface area (Å²) >= 11 is 0. The van der Waals surface area contributed by atoms with E-state index in [1.807, 2.05) is 5.32 Å². The van der Waals surface area contributed by atoms with Crippen molar-refractivity contribution in [1.29, 1.82) is 0 Å². The van der Waals surface area contributed by atoms with Gasteiger partial charge < -0.3 is 10.4 Å². The van der Waals surface area contributed by atoms with Crippen LogP contribution in [0.15, 0.2) is 18.2 Å². The minimum atomic E-state index is -4.65. The van der Waals surface area contributed by atoms with E-state index in [9.17, 15) is 22.8 Å². The first-order chi connectivity index (χ1) is 7.80. The molecule has 0 fully saturated rings. The Bertz CT molecular complexity index is 445. The van der Waals surface area contributed by atoms with Gasteiger partial charge >= 0.3 is 12.1 Å². The molecule has 0 aliphatic carbocycles. The van der Waals surface area contributed by atoms with Gasteiger partial charge in [0.25, 0.3) is 5.91 Å². The Balaban J connectivity index is 2.85. The number of nitrogens with zero attached hydrogens (tertiary/aromatic N) is 1. The van der Waals surface area contributed by atoms with Gasteiger partial charge in [0, 0.05) is 0 Å². The molecule has 0 bridgehead atoms. The lowest BCUT2D eigenvalue weighted by Crippen LogP contribution is -2.30. The van der Waals surface area contributed by atoms with E-state index in [1.54, 1.807) is 0 Å². The Morgan fingerprint density at radius 1 is 1.35 bits per heavy atom. The smallest absolute Gasteiger partial charge is 0.433 e. The van der Waals surface area contributed by atoms with E-state index in [4.69, 9.17) is 5.11 Å². The monoisotopic (exact) mass is 248 g/mol. The van der Waals surface area contributed by atoms with Gasteiger partial charge in [-0.2, -0.15) is 13.2 Å². The van der Waals surface area contributed by atoms with E-state index < -0.39 is 36.0 Å². The fourth-order valence-corrected chi connectivity index (χ4v) is 0.965. The quantitative estimate of drug-likeness (QED) is 0.833. The fraction of sp³-hybridized carbons (Fsp3) is 0.222. The van der Waals surface area contributed by atoms with Crippen molar-refractivity contribution in [3.05, 3.63) is 29.6 Å². The number of amides is 1. The second-order valence-corrected chi connectivity index (χ2v) is 2.98. The van der Waals surface area contributed by atoms with Crippen molar-refractivity contribution < 1.29 is 27.9 Å². The average molecular weight is 248 g/mol. The van der Waals surface area contributed by atoms with Crippen LogP contribution in [0.2, 0.25) is 0 Å². The summed E-state index contributed by atoms with van der Waals surface area (Å²) in [6, 6.07) is 2.80. The van der Waals surface area contributed by atoms with Gasteiger partial charge in [0.1, 0.15) is 17.9 Å². The minimum Gasteiger partial charge on any atom is -0.480 e. The third-order valence-corrected chi connectivity index (χ3v) is 1.67. The Hall–Kier alpha value is -2.12. The van der Waals surface area contributed by atoms with Crippen LogP contribution in [0.1, 0.15) is 16.2 Å². The molecule has 17 heavy (non-hydrogen) atoms. The molecular formula is C9H7F3N2O3. The van der Waals surface area contributed by atoms with Crippen molar-refractivity contribution in [2.45, 2.75) is 6.18 Å². The normalized spacial score (nSPS) is 11.0. The summed E-state index contributed by atoms with van der Waals surface area (Å²) < 4.78 is 36.8. The molecule has 1 rings (SSSR count). The first-order valence-electron chi connectivity index (χ1n) is 4.35. The van der Waals surface area contributed by atoms with E-state index in [0.29, 0.717) is 6.07 Å². The fourth-order valence-electron chi connectivity index (χ4n) is 0.965. The molecule has 0 aliphatic heterocycles. The maximum Gasteiger partial charge on any atom is 0.433 e. The number of aromatic nitrogens is 1. The molecule has 1 heterocycles. The number of rotatable bonds is 3. The number of pyridine rings is 1. The molecule has 0 aromatic carbocycles. The second-order valence-electron chi connectivity index (χ2n) is 2.98. The molecule has 0 saturated carbocycles. The molecule has 0 radical (unpaired) electrons. The Labute approximate surface area is 93.3 Å². The first-order valence-corrected chi connectivity index (χ1v) is 4.35. The van der Waals surface area contributed by atoms with Gasteiger partial charge in [0.05, 0.1) is 0 Å². The zero-order chi connectivity index (χ0) is 13.1. The van der Waals surface area contributed by atoms with Crippen molar-refractivity contribution in [1.82, 2.24) is 10.3 Å². The number of aliphatic carboxylic acids is 1. The number of alkyl halides is 3. The van der Waals surface area contributed by atoms with Crippen molar-refractivity contribution in [3.8, 4) is 0 Å². The third-order valence-electron chi connectivity index (χ3n) is 1.67. The Morgan fingerprint density at radius 2 is 2.00 bits per heavy atom. The number of carboxylic acids is 1. The van der Waals surface area contributed by atoms with Crippen LogP contribution in [0, 0.1) is 0 Å². The van der Waals surface area contributed by atoms with E-state index >= 15 is 0 Å². The lowest BCUT2D eigenvalue weighted by molar-refractivity contribution is -0.141. The van der Waals surface area contributed by atoms with Crippen molar-refractivity contribution in [3.63, 3.8) is 0 Å². The highest BCUT2D eigenvalue weighted by Gasteiger charge is 2.32. The number of hydrogen-bond donors (Lipinski definition) is 2. The number of nitrogens with one attached hydrogen (secondary N) is 1. The van der Waals surface area contributed by atoms with Gasteiger partial charge in [-0.1, -0.05) is 6.07 Å². The molecule has 0 unspecified atom stereocenters. The highest BCUT2D eigenvalue weighted by Crippen LogP contribution is 2.27. The van der Waals surface area contributed by atoms with E-state index in [2.05, 4.69) is 4.98 Å². The van der Waals surface area contributed by atoms with Crippen LogP contribution in [-0.2, 0) is 11.0 Å². The van der Waals surface area contributed by atoms with Crippen LogP contribution in [0.5, 0.6) is 0 Å². The molecule has 0 aliphatic rings. The van der Waals surface area contributed by atoms with Crippen LogP contribution in [0.3, 0.4) is 0 Å². The maximum absolute atomic E-state index is 12.3. The molecule has 0 saturated heterocycles. The maximum atomic E-state index is 12.3. The van der Waals surface area contributed by atoms with E-state index in [0.717, 1.165) is 12.1 Å². The molecular weight excluding hydrogens is 241 g/mol. The summed E-state index contributed by atoms with van der Waals surface area (Å²) in [4.78, 5) is 24.5. The summed E-state index contributed by atoms with van der Waals surface area (Å²) in [7, 11) is 0. The molecule has 1 aromatic rings. The zero-order valence-corrected chi connectivity index (χ0v) is 8.28. The predicted octanol–water partition coefficient (Wildman–Crippen LogP) is 0.915. The molecule has 0 atom stereocenters. The summed E-state index contributed by atoms with van der Waals surface area (Å²) in [6.07, 6.45) is -4.65. The summed E-state index contributed by atoms with van der Waals surface area (Å²) in [5, 5.41) is 10.2. The predicted molar refractivity (Wildman–Crippen MR) is 49.2 cm³/mol. The topological polar surface area (TPSA) is 79.3 Å². The molecule has 1 aromatic heterocycles. The SMILES string of the molecule is O=C(O)CNC(=O)c1cccc(C(F)(F)F)n1. The van der Waals surface area contributed by atoms with Gasteiger partial charge in [0.2, 0.25) is 0 Å².